The maximum atomic E-state index is 12.8. The average Bonchev–Trinajstić information content (AvgIpc) is 3.34. The van der Waals surface area contributed by atoms with Crippen LogP contribution in [0.2, 0.25) is 0 Å². The van der Waals surface area contributed by atoms with Gasteiger partial charge in [0, 0.05) is 19.3 Å². The first kappa shape index (κ1) is 65.4. The van der Waals surface area contributed by atoms with E-state index in [9.17, 15) is 14.4 Å². The van der Waals surface area contributed by atoms with E-state index in [2.05, 4.69) is 69.4 Å². The molecule has 1 unspecified atom stereocenters. The van der Waals surface area contributed by atoms with Crippen molar-refractivity contribution in [3.8, 4) is 0 Å². The molecule has 0 aromatic heterocycles. The molecule has 0 N–H and O–H groups in total. The minimum Gasteiger partial charge on any atom is -0.462 e. The molecule has 68 heavy (non-hydrogen) atoms. The fourth-order valence-electron chi connectivity index (χ4n) is 8.67. The van der Waals surface area contributed by atoms with E-state index in [0.717, 1.165) is 96.3 Å². The summed E-state index contributed by atoms with van der Waals surface area (Å²) >= 11 is 0. The van der Waals surface area contributed by atoms with Crippen LogP contribution in [-0.2, 0) is 28.6 Å². The minimum atomic E-state index is -0.782. The summed E-state index contributed by atoms with van der Waals surface area (Å²) in [5.41, 5.74) is 0. The Hall–Kier alpha value is -2.63. The number of ether oxygens (including phenoxy) is 3. The van der Waals surface area contributed by atoms with Crippen LogP contribution >= 0.6 is 0 Å². The third-order valence-corrected chi connectivity index (χ3v) is 13.1. The van der Waals surface area contributed by atoms with E-state index in [0.29, 0.717) is 19.3 Å². The Kier molecular flexibility index (Phi) is 54.8. The fourth-order valence-corrected chi connectivity index (χ4v) is 8.67. The molecule has 0 fully saturated rings. The second-order valence-corrected chi connectivity index (χ2v) is 19.9. The summed E-state index contributed by atoms with van der Waals surface area (Å²) in [6, 6.07) is 0. The van der Waals surface area contributed by atoms with Gasteiger partial charge in [0.1, 0.15) is 13.2 Å². The smallest absolute Gasteiger partial charge is 0.306 e. The van der Waals surface area contributed by atoms with Gasteiger partial charge in [-0.25, -0.2) is 0 Å². The van der Waals surface area contributed by atoms with E-state index in [1.807, 2.05) is 0 Å². The Balaban J connectivity index is 4.28. The highest BCUT2D eigenvalue weighted by Gasteiger charge is 2.19. The lowest BCUT2D eigenvalue weighted by Gasteiger charge is -2.18. The molecule has 0 aliphatic heterocycles. The first-order valence-corrected chi connectivity index (χ1v) is 29.6. The van der Waals surface area contributed by atoms with Gasteiger partial charge in [0.2, 0.25) is 0 Å². The number of carbonyl (C=O) groups is 3. The monoisotopic (exact) mass is 953 g/mol. The lowest BCUT2D eigenvalue weighted by molar-refractivity contribution is -0.167. The quantitative estimate of drug-likeness (QED) is 0.0262. The van der Waals surface area contributed by atoms with Crippen LogP contribution in [0, 0.1) is 0 Å². The van der Waals surface area contributed by atoms with Crippen LogP contribution in [0.15, 0.2) is 48.6 Å². The maximum absolute atomic E-state index is 12.8. The topological polar surface area (TPSA) is 78.9 Å². The molecule has 0 heterocycles. The first-order valence-electron chi connectivity index (χ1n) is 29.6. The van der Waals surface area contributed by atoms with Crippen molar-refractivity contribution in [2.45, 2.75) is 316 Å². The Morgan fingerprint density at radius 3 is 0.897 bits per heavy atom. The number of hydrogen-bond donors (Lipinski definition) is 0. The second kappa shape index (κ2) is 57.0. The van der Waals surface area contributed by atoms with Gasteiger partial charge >= 0.3 is 17.9 Å². The molecule has 6 heteroatoms. The van der Waals surface area contributed by atoms with Crippen molar-refractivity contribution in [3.05, 3.63) is 48.6 Å². The molecule has 0 saturated heterocycles. The van der Waals surface area contributed by atoms with Crippen molar-refractivity contribution >= 4 is 17.9 Å². The van der Waals surface area contributed by atoms with Gasteiger partial charge in [-0.15, -0.1) is 0 Å². The normalized spacial score (nSPS) is 12.3. The molecule has 0 aromatic carbocycles. The first-order chi connectivity index (χ1) is 33.5. The van der Waals surface area contributed by atoms with Gasteiger partial charge in [-0.3, -0.25) is 14.4 Å². The summed E-state index contributed by atoms with van der Waals surface area (Å²) in [5, 5.41) is 0. The zero-order chi connectivity index (χ0) is 49.3. The molecule has 0 aromatic rings. The number of carbonyl (C=O) groups excluding carboxylic acids is 3. The third kappa shape index (κ3) is 54.3. The van der Waals surface area contributed by atoms with Crippen molar-refractivity contribution in [2.75, 3.05) is 13.2 Å². The molecule has 0 aliphatic rings. The average molecular weight is 954 g/mol. The van der Waals surface area contributed by atoms with E-state index in [-0.39, 0.29) is 31.1 Å². The van der Waals surface area contributed by atoms with Gasteiger partial charge in [-0.1, -0.05) is 281 Å². The highest BCUT2D eigenvalue weighted by molar-refractivity contribution is 5.71. The van der Waals surface area contributed by atoms with Crippen LogP contribution in [-0.4, -0.2) is 37.2 Å². The summed E-state index contributed by atoms with van der Waals surface area (Å²) in [6.45, 7) is 6.54. The van der Waals surface area contributed by atoms with Crippen LogP contribution in [0.1, 0.15) is 310 Å². The lowest BCUT2D eigenvalue weighted by atomic mass is 10.0. The molecule has 1 atom stereocenters. The molecule has 0 aliphatic carbocycles. The van der Waals surface area contributed by atoms with Crippen molar-refractivity contribution in [3.63, 3.8) is 0 Å². The molecule has 0 rings (SSSR count). The van der Waals surface area contributed by atoms with E-state index in [4.69, 9.17) is 14.2 Å². The van der Waals surface area contributed by atoms with Crippen LogP contribution in [0.4, 0.5) is 0 Å². The SMILES string of the molecule is CC/C=C\C/C=C\C/C=C\C/C=C\CCCCCCC(=O)OC(COC(=O)CCCCCCCCCCCCC)COC(=O)CCCCCCCCCCCCCCCCCCCCCCCC. The van der Waals surface area contributed by atoms with Crippen LogP contribution in [0.25, 0.3) is 0 Å². The largest absolute Gasteiger partial charge is 0.462 e. The van der Waals surface area contributed by atoms with Crippen LogP contribution in [0.5, 0.6) is 0 Å². The summed E-state index contributed by atoms with van der Waals surface area (Å²) < 4.78 is 16.9. The highest BCUT2D eigenvalue weighted by atomic mass is 16.6. The van der Waals surface area contributed by atoms with Gasteiger partial charge in [0.25, 0.3) is 0 Å². The molecule has 0 bridgehead atoms. The molecule has 6 nitrogen and oxygen atoms in total. The number of unbranched alkanes of at least 4 members (excludes halogenated alkanes) is 35. The van der Waals surface area contributed by atoms with Gasteiger partial charge < -0.3 is 14.2 Å². The molecule has 0 saturated carbocycles. The lowest BCUT2D eigenvalue weighted by Crippen LogP contribution is -2.30. The van der Waals surface area contributed by atoms with Crippen molar-refractivity contribution < 1.29 is 28.6 Å². The van der Waals surface area contributed by atoms with Crippen molar-refractivity contribution in [1.82, 2.24) is 0 Å². The van der Waals surface area contributed by atoms with Gasteiger partial charge in [-0.2, -0.15) is 0 Å². The molecule has 0 amide bonds. The fraction of sp³-hybridized carbons (Fsp3) is 0.823. The summed E-state index contributed by atoms with van der Waals surface area (Å²) in [6.07, 6.45) is 69.7. The number of esters is 3. The van der Waals surface area contributed by atoms with Gasteiger partial charge in [0.15, 0.2) is 6.10 Å². The summed E-state index contributed by atoms with van der Waals surface area (Å²) in [5.74, 6) is -0.887. The predicted molar refractivity (Wildman–Crippen MR) is 293 cm³/mol. The van der Waals surface area contributed by atoms with Crippen molar-refractivity contribution in [2.24, 2.45) is 0 Å². The molecule has 0 radical (unpaired) electrons. The van der Waals surface area contributed by atoms with Crippen molar-refractivity contribution in [1.29, 1.82) is 0 Å². The number of rotatable bonds is 54. The zero-order valence-corrected chi connectivity index (χ0v) is 45.4. The second-order valence-electron chi connectivity index (χ2n) is 19.9. The van der Waals surface area contributed by atoms with Crippen LogP contribution in [0.3, 0.4) is 0 Å². The molecular weight excluding hydrogens is 841 g/mol. The maximum Gasteiger partial charge on any atom is 0.306 e. The third-order valence-electron chi connectivity index (χ3n) is 13.1. The number of allylic oxidation sites excluding steroid dienone is 8. The van der Waals surface area contributed by atoms with E-state index >= 15 is 0 Å². The number of hydrogen-bond acceptors (Lipinski definition) is 6. The Morgan fingerprint density at radius 2 is 0.574 bits per heavy atom. The van der Waals surface area contributed by atoms with Gasteiger partial charge in [0.05, 0.1) is 0 Å². The zero-order valence-electron chi connectivity index (χ0n) is 45.4. The minimum absolute atomic E-state index is 0.0789. The summed E-state index contributed by atoms with van der Waals surface area (Å²) in [7, 11) is 0. The van der Waals surface area contributed by atoms with E-state index in [1.165, 1.54) is 173 Å². The van der Waals surface area contributed by atoms with E-state index in [1.54, 1.807) is 0 Å². The molecule has 0 spiro atoms. The highest BCUT2D eigenvalue weighted by Crippen LogP contribution is 2.17. The molecule has 396 valence electrons. The standard InChI is InChI=1S/C62H112O6/c1-4-7-10-13-16-19-22-24-26-28-29-30-31-32-34-35-37-40-43-46-49-52-55-61(64)67-58-59(57-66-60(63)54-51-48-45-42-39-21-18-15-12-9-6-3)68-62(65)56-53-50-47-44-41-38-36-33-27-25-23-20-17-14-11-8-5-2/h8,11,17,20,25,27,36,38,59H,4-7,9-10,12-16,18-19,21-24,26,28-35,37,39-58H2,1-3H3/b11-8-,20-17-,27-25-,38-36-. The predicted octanol–water partition coefficient (Wildman–Crippen LogP) is 19.8. The van der Waals surface area contributed by atoms with Gasteiger partial charge in [-0.05, 0) is 57.8 Å². The molecular formula is C62H112O6. The Bertz CT molecular complexity index is 1190. The van der Waals surface area contributed by atoms with E-state index < -0.39 is 6.10 Å². The van der Waals surface area contributed by atoms with Crippen LogP contribution < -0.4 is 0 Å². The Morgan fingerprint density at radius 1 is 0.309 bits per heavy atom. The summed E-state index contributed by atoms with van der Waals surface area (Å²) in [4.78, 5) is 38.1. The Labute approximate surface area is 422 Å².